The van der Waals surface area contributed by atoms with Crippen molar-refractivity contribution in [2.45, 2.75) is 36.8 Å². The van der Waals surface area contributed by atoms with Gasteiger partial charge in [0.2, 0.25) is 10.0 Å². The van der Waals surface area contributed by atoms with E-state index in [1.807, 2.05) is 41.0 Å². The minimum absolute atomic E-state index is 0.233. The third-order valence-electron chi connectivity index (χ3n) is 5.75. The number of nitrogens with two attached hydrogens (primary N) is 1. The van der Waals surface area contributed by atoms with Crippen molar-refractivity contribution in [1.82, 2.24) is 14.3 Å². The quantitative estimate of drug-likeness (QED) is 0.600. The molecule has 2 aliphatic carbocycles. The number of nitrogens with zero attached hydrogens (tertiary/aromatic N) is 2. The smallest absolute Gasteiger partial charge is 0.214 e. The third kappa shape index (κ3) is 4.42. The van der Waals surface area contributed by atoms with Crippen LogP contribution >= 0.6 is 0 Å². The number of rotatable bonds is 9. The number of allylic oxidation sites excluding steroid dienone is 1. The first-order chi connectivity index (χ1) is 15.4. The van der Waals surface area contributed by atoms with E-state index in [2.05, 4.69) is 16.3 Å². The van der Waals surface area contributed by atoms with Crippen LogP contribution in [0.3, 0.4) is 0 Å². The van der Waals surface area contributed by atoms with Gasteiger partial charge >= 0.3 is 0 Å². The van der Waals surface area contributed by atoms with Crippen LogP contribution in [-0.2, 0) is 26.0 Å². The number of hydrogen-bond acceptors (Lipinski definition) is 6. The molecule has 2 aromatic rings. The number of benzene rings is 1. The highest BCUT2D eigenvalue weighted by Crippen LogP contribution is 2.32. The molecule has 0 saturated heterocycles. The van der Waals surface area contributed by atoms with Crippen molar-refractivity contribution in [3.8, 4) is 5.69 Å². The Morgan fingerprint density at radius 3 is 2.44 bits per heavy atom. The van der Waals surface area contributed by atoms with E-state index in [-0.39, 0.29) is 24.0 Å². The van der Waals surface area contributed by atoms with E-state index in [1.54, 1.807) is 26.6 Å². The molecule has 2 aliphatic rings. The summed E-state index contributed by atoms with van der Waals surface area (Å²) in [6.45, 7) is 4.15. The first kappa shape index (κ1) is 22.5. The zero-order chi connectivity index (χ0) is 22.9. The minimum Gasteiger partial charge on any atom is -0.398 e. The van der Waals surface area contributed by atoms with Gasteiger partial charge in [0.1, 0.15) is 18.5 Å². The Kier molecular flexibility index (Phi) is 6.34. The van der Waals surface area contributed by atoms with Crippen LogP contribution in [0.15, 0.2) is 55.0 Å². The average Bonchev–Trinajstić information content (AvgIpc) is 3.58. The number of nitrogens with one attached hydrogen (secondary N) is 1. The standard InChI is InChI=1S/C23H28N4O4S/c1-4-20-23(18-11-21(30-2)22(31-3)12-19(18)24)27(14-25-20)16-7-5-15(6-8-16)13-26-32(28,29)17-9-10-17/h4-8,11-12,14,17,21-22,26H,1,9-10,13,24H2,2-3H3/t21?,22-/m1/s1. The van der Waals surface area contributed by atoms with Gasteiger partial charge in [-0.2, -0.15) is 0 Å². The van der Waals surface area contributed by atoms with Gasteiger partial charge in [0.15, 0.2) is 0 Å². The molecule has 0 amide bonds. The van der Waals surface area contributed by atoms with E-state index >= 15 is 0 Å². The Morgan fingerprint density at radius 1 is 1.19 bits per heavy atom. The van der Waals surface area contributed by atoms with Crippen LogP contribution in [0.25, 0.3) is 17.3 Å². The molecule has 1 aromatic heterocycles. The fraction of sp³-hybridized carbons (Fsp3) is 0.348. The molecule has 1 saturated carbocycles. The maximum Gasteiger partial charge on any atom is 0.214 e. The summed E-state index contributed by atoms with van der Waals surface area (Å²) in [5.74, 6) is 0. The van der Waals surface area contributed by atoms with Gasteiger partial charge in [-0.1, -0.05) is 18.7 Å². The molecule has 1 aromatic carbocycles. The zero-order valence-electron chi connectivity index (χ0n) is 18.2. The van der Waals surface area contributed by atoms with Gasteiger partial charge in [-0.25, -0.2) is 18.1 Å². The van der Waals surface area contributed by atoms with Crippen LogP contribution in [0.1, 0.15) is 29.8 Å². The predicted molar refractivity (Wildman–Crippen MR) is 124 cm³/mol. The van der Waals surface area contributed by atoms with Crippen molar-refractivity contribution < 1.29 is 17.9 Å². The molecule has 32 heavy (non-hydrogen) atoms. The number of imidazole rings is 1. The summed E-state index contributed by atoms with van der Waals surface area (Å²) in [6.07, 6.45) is 8.10. The molecule has 0 radical (unpaired) electrons. The first-order valence-corrected chi connectivity index (χ1v) is 12.0. The van der Waals surface area contributed by atoms with Gasteiger partial charge in [-0.05, 0) is 48.8 Å². The van der Waals surface area contributed by atoms with Crippen LogP contribution in [0.4, 0.5) is 0 Å². The molecule has 8 nitrogen and oxygen atoms in total. The van der Waals surface area contributed by atoms with Gasteiger partial charge in [-0.3, -0.25) is 4.57 Å². The first-order valence-electron chi connectivity index (χ1n) is 10.4. The van der Waals surface area contributed by atoms with E-state index < -0.39 is 10.0 Å². The molecule has 1 unspecified atom stereocenters. The predicted octanol–water partition coefficient (Wildman–Crippen LogP) is 2.37. The minimum atomic E-state index is -3.22. The maximum atomic E-state index is 12.1. The number of methoxy groups -OCH3 is 2. The molecule has 170 valence electrons. The van der Waals surface area contributed by atoms with E-state index in [0.717, 1.165) is 35.4 Å². The summed E-state index contributed by atoms with van der Waals surface area (Å²) < 4.78 is 39.8. The van der Waals surface area contributed by atoms with Gasteiger partial charge in [0, 0.05) is 37.7 Å². The monoisotopic (exact) mass is 456 g/mol. The van der Waals surface area contributed by atoms with Crippen molar-refractivity contribution >= 4 is 21.7 Å². The molecule has 0 aliphatic heterocycles. The van der Waals surface area contributed by atoms with Crippen LogP contribution in [0, 0.1) is 0 Å². The second-order valence-electron chi connectivity index (χ2n) is 7.89. The van der Waals surface area contributed by atoms with E-state index in [0.29, 0.717) is 11.4 Å². The van der Waals surface area contributed by atoms with E-state index in [1.165, 1.54) is 0 Å². The number of aromatic nitrogens is 2. The molecule has 4 rings (SSSR count). The lowest BCUT2D eigenvalue weighted by atomic mass is 9.95. The lowest BCUT2D eigenvalue weighted by Gasteiger charge is -2.26. The van der Waals surface area contributed by atoms with Gasteiger partial charge in [-0.15, -0.1) is 0 Å². The number of hydrogen-bond donors (Lipinski definition) is 2. The Hall–Kier alpha value is -2.72. The molecular weight excluding hydrogens is 428 g/mol. The third-order valence-corrected chi connectivity index (χ3v) is 7.65. The summed E-state index contributed by atoms with van der Waals surface area (Å²) in [6, 6.07) is 7.65. The Bertz CT molecular complexity index is 1160. The molecule has 3 N–H and O–H groups in total. The van der Waals surface area contributed by atoms with Crippen LogP contribution in [0.2, 0.25) is 0 Å². The normalized spacial score (nSPS) is 21.2. The highest BCUT2D eigenvalue weighted by molar-refractivity contribution is 7.90. The van der Waals surface area contributed by atoms with Crippen molar-refractivity contribution in [3.63, 3.8) is 0 Å². The fourth-order valence-electron chi connectivity index (χ4n) is 3.77. The molecule has 0 bridgehead atoms. The van der Waals surface area contributed by atoms with Gasteiger partial charge in [0.25, 0.3) is 0 Å². The van der Waals surface area contributed by atoms with Crippen LogP contribution in [0.5, 0.6) is 0 Å². The lowest BCUT2D eigenvalue weighted by molar-refractivity contribution is 0.0139. The summed E-state index contributed by atoms with van der Waals surface area (Å²) in [5.41, 5.74) is 11.0. The second-order valence-corrected chi connectivity index (χ2v) is 9.93. The van der Waals surface area contributed by atoms with E-state index in [9.17, 15) is 8.42 Å². The van der Waals surface area contributed by atoms with Crippen molar-refractivity contribution in [1.29, 1.82) is 0 Å². The van der Waals surface area contributed by atoms with Gasteiger partial charge in [0.05, 0.1) is 16.6 Å². The van der Waals surface area contributed by atoms with E-state index in [4.69, 9.17) is 15.2 Å². The maximum absolute atomic E-state index is 12.1. The molecule has 2 atom stereocenters. The van der Waals surface area contributed by atoms with Crippen LogP contribution < -0.4 is 10.5 Å². The Balaban J connectivity index is 1.63. The average molecular weight is 457 g/mol. The molecule has 1 heterocycles. The Labute approximate surface area is 188 Å². The summed E-state index contributed by atoms with van der Waals surface area (Å²) >= 11 is 0. The summed E-state index contributed by atoms with van der Waals surface area (Å²) in [7, 11) is 0.0276. The highest BCUT2D eigenvalue weighted by Gasteiger charge is 2.35. The second kappa shape index (κ2) is 9.03. The van der Waals surface area contributed by atoms with Crippen molar-refractivity contribution in [3.05, 3.63) is 72.0 Å². The van der Waals surface area contributed by atoms with Gasteiger partial charge < -0.3 is 15.2 Å². The zero-order valence-corrected chi connectivity index (χ0v) is 19.0. The lowest BCUT2D eigenvalue weighted by Crippen LogP contribution is -2.31. The Morgan fingerprint density at radius 2 is 1.84 bits per heavy atom. The topological polar surface area (TPSA) is 108 Å². The molecular formula is C23H28N4O4S. The number of sulfonamides is 1. The fourth-order valence-corrected chi connectivity index (χ4v) is 5.13. The highest BCUT2D eigenvalue weighted by atomic mass is 32.2. The van der Waals surface area contributed by atoms with Crippen molar-refractivity contribution in [2.75, 3.05) is 14.2 Å². The molecule has 0 spiro atoms. The van der Waals surface area contributed by atoms with Crippen molar-refractivity contribution in [2.24, 2.45) is 5.73 Å². The molecule has 9 heteroatoms. The molecule has 1 fully saturated rings. The SMILES string of the molecule is C=Cc1ncn(-c2ccc(CNS(=O)(=O)C3CC3)cc2)c1C1=CC(OC)[C@H](OC)C=C1N. The number of ether oxygens (including phenoxy) is 2. The summed E-state index contributed by atoms with van der Waals surface area (Å²) in [4.78, 5) is 4.49. The van der Waals surface area contributed by atoms with Crippen LogP contribution in [-0.4, -0.2) is 49.6 Å². The largest absolute Gasteiger partial charge is 0.398 e. The summed E-state index contributed by atoms with van der Waals surface area (Å²) in [5, 5.41) is -0.233.